The zero-order valence-corrected chi connectivity index (χ0v) is 7.98. The number of hydrogen-bond acceptors (Lipinski definition) is 2. The van der Waals surface area contributed by atoms with Crippen molar-refractivity contribution in [3.63, 3.8) is 0 Å². The second-order valence-electron chi connectivity index (χ2n) is 1.68. The molecule has 60 valence electrons. The Bertz CT molecular complexity index is 156. The van der Waals surface area contributed by atoms with Crippen LogP contribution < -0.4 is 0 Å². The van der Waals surface area contributed by atoms with Gasteiger partial charge in [-0.05, 0) is 34.8 Å². The normalized spacial score (nSPS) is 18.2. The van der Waals surface area contributed by atoms with Crippen LogP contribution in [0.15, 0.2) is 0 Å². The number of carbonyl (C=O) groups excluding carboxylic acids is 1. The molecular formula is C3H4Cl3FNOS+. The van der Waals surface area contributed by atoms with E-state index in [0.29, 0.717) is 0 Å². The highest BCUT2D eigenvalue weighted by atomic mass is 35.6. The lowest BCUT2D eigenvalue weighted by Crippen LogP contribution is -2.46. The highest BCUT2D eigenvalue weighted by molar-refractivity contribution is 7.74. The van der Waals surface area contributed by atoms with E-state index in [9.17, 15) is 9.18 Å². The third-order valence-corrected chi connectivity index (χ3v) is 2.66. The second kappa shape index (κ2) is 3.03. The summed E-state index contributed by atoms with van der Waals surface area (Å²) in [5, 5.41) is 0. The average molecular weight is 227 g/mol. The first-order valence-corrected chi connectivity index (χ1v) is 3.59. The summed E-state index contributed by atoms with van der Waals surface area (Å²) in [7, 11) is 1.03. The zero-order valence-electron chi connectivity index (χ0n) is 4.81. The lowest BCUT2D eigenvalue weighted by Gasteiger charge is -2.26. The van der Waals surface area contributed by atoms with Gasteiger partial charge in [-0.3, -0.25) is 0 Å². The molecule has 0 aliphatic rings. The summed E-state index contributed by atoms with van der Waals surface area (Å²) in [5.74, 6) is 0. The van der Waals surface area contributed by atoms with Crippen LogP contribution in [0.3, 0.4) is 0 Å². The minimum Gasteiger partial charge on any atom is -0.193 e. The quantitative estimate of drug-likeness (QED) is 0.221. The third kappa shape index (κ3) is 2.13. The van der Waals surface area contributed by atoms with Gasteiger partial charge in [-0.15, -0.1) is 8.28 Å². The second-order valence-corrected chi connectivity index (χ2v) is 4.70. The van der Waals surface area contributed by atoms with Gasteiger partial charge in [0.25, 0.3) is 0 Å². The predicted molar refractivity (Wildman–Crippen MR) is 42.0 cm³/mol. The van der Waals surface area contributed by atoms with Crippen molar-refractivity contribution in [1.29, 1.82) is 0 Å². The van der Waals surface area contributed by atoms with Crippen LogP contribution >= 0.6 is 47.6 Å². The molecule has 0 aromatic rings. The summed E-state index contributed by atoms with van der Waals surface area (Å²) in [6.45, 7) is 0. The molecule has 0 bridgehead atoms. The van der Waals surface area contributed by atoms with Crippen molar-refractivity contribution >= 4 is 53.8 Å². The Hall–Kier alpha value is 0.780. The highest BCUT2D eigenvalue weighted by Crippen LogP contribution is 2.39. The minimum absolute atomic E-state index is 1.03. The molecule has 0 aromatic heterocycles. The summed E-state index contributed by atoms with van der Waals surface area (Å²) < 4.78 is 8.65. The largest absolute Gasteiger partial charge is 0.520 e. The first-order chi connectivity index (χ1) is 4.19. The lowest BCUT2D eigenvalue weighted by molar-refractivity contribution is -0.699. The molecule has 10 heavy (non-hydrogen) atoms. The van der Waals surface area contributed by atoms with Gasteiger partial charge in [-0.25, -0.2) is 0 Å². The van der Waals surface area contributed by atoms with Gasteiger partial charge in [0.05, 0.1) is 19.9 Å². The first-order valence-electron chi connectivity index (χ1n) is 2.05. The van der Waals surface area contributed by atoms with E-state index in [2.05, 4.69) is 12.8 Å². The number of hydrogen-bond donors (Lipinski definition) is 1. The summed E-state index contributed by atoms with van der Waals surface area (Å²) in [4.78, 5) is 10.1. The Kier molecular flexibility index (Phi) is 3.26. The number of halogens is 4. The van der Waals surface area contributed by atoms with Gasteiger partial charge in [-0.2, -0.15) is 4.79 Å². The summed E-state index contributed by atoms with van der Waals surface area (Å²) in [6.07, 6.45) is -1.83. The van der Waals surface area contributed by atoms with Crippen molar-refractivity contribution in [2.24, 2.45) is 0 Å². The smallest absolute Gasteiger partial charge is 0.193 e. The van der Waals surface area contributed by atoms with Crippen LogP contribution in [0.2, 0.25) is 0 Å². The molecule has 0 aromatic carbocycles. The van der Waals surface area contributed by atoms with E-state index in [1.807, 2.05) is 0 Å². The molecular weight excluding hydrogens is 223 g/mol. The van der Waals surface area contributed by atoms with Gasteiger partial charge >= 0.3 is 10.1 Å². The fraction of sp³-hybridized carbons (Fsp3) is 0.667. The first kappa shape index (κ1) is 10.8. The molecule has 1 amide bonds. The average Bonchev–Trinajstić information content (AvgIpc) is 1.62. The predicted octanol–water partition coefficient (Wildman–Crippen LogP) is 2.70. The van der Waals surface area contributed by atoms with Gasteiger partial charge in [0, 0.05) is 0 Å². The molecule has 0 rings (SSSR count). The highest BCUT2D eigenvalue weighted by Gasteiger charge is 2.49. The van der Waals surface area contributed by atoms with Crippen molar-refractivity contribution < 1.29 is 13.1 Å². The molecule has 0 spiro atoms. The van der Waals surface area contributed by atoms with Crippen molar-refractivity contribution in [3.05, 3.63) is 0 Å². The molecule has 0 saturated carbocycles. The lowest BCUT2D eigenvalue weighted by atomic mass is 10.9. The third-order valence-electron chi connectivity index (χ3n) is 0.836. The van der Waals surface area contributed by atoms with E-state index in [1.165, 1.54) is 0 Å². The van der Waals surface area contributed by atoms with Gasteiger partial charge in [-0.1, -0.05) is 0 Å². The number of nitrogens with zero attached hydrogens (tertiary/aromatic N) is 1. The Morgan fingerprint density at radius 1 is 1.60 bits per heavy atom. The van der Waals surface area contributed by atoms with E-state index in [1.54, 1.807) is 0 Å². The van der Waals surface area contributed by atoms with Gasteiger partial charge in [0.15, 0.2) is 0 Å². The number of quaternary nitrogens is 1. The van der Waals surface area contributed by atoms with Crippen LogP contribution in [0, 0.1) is 0 Å². The molecule has 7 heteroatoms. The summed E-state index contributed by atoms with van der Waals surface area (Å²) in [5.41, 5.74) is 0. The Labute approximate surface area is 78.0 Å². The molecule has 0 aliphatic carbocycles. The maximum absolute atomic E-state index is 12.0. The van der Waals surface area contributed by atoms with Crippen molar-refractivity contribution in [2.45, 2.75) is 3.92 Å². The number of amides is 1. The fourth-order valence-corrected chi connectivity index (χ4v) is 0.299. The van der Waals surface area contributed by atoms with Gasteiger partial charge in [0.1, 0.15) is 0 Å². The van der Waals surface area contributed by atoms with Crippen molar-refractivity contribution in [3.8, 4) is 0 Å². The van der Waals surface area contributed by atoms with E-state index in [0.717, 1.165) is 7.05 Å². The molecule has 0 fully saturated rings. The molecule has 0 saturated heterocycles. The molecule has 1 atom stereocenters. The standard InChI is InChI=1S/C3H4Cl3FNOS/c1-8(10,2(7)9)3(4,5)6/h10H,1H3/q+1. The fourth-order valence-electron chi connectivity index (χ4n) is 0.0997. The SMILES string of the molecule is C[N+](S)(C(=O)F)C(Cl)(Cl)Cl. The zero-order chi connectivity index (χ0) is 8.58. The molecule has 0 radical (unpaired) electrons. The molecule has 1 unspecified atom stereocenters. The maximum Gasteiger partial charge on any atom is 0.520 e. The molecule has 2 nitrogen and oxygen atoms in total. The van der Waals surface area contributed by atoms with Crippen LogP contribution in [0.1, 0.15) is 0 Å². The Morgan fingerprint density at radius 2 is 1.90 bits per heavy atom. The number of rotatable bonds is 0. The maximum atomic E-state index is 12.0. The number of carbonyl (C=O) groups is 1. The number of alkyl halides is 3. The van der Waals surface area contributed by atoms with Crippen molar-refractivity contribution in [2.75, 3.05) is 7.05 Å². The molecule has 0 aliphatic heterocycles. The number of thiol groups is 1. The van der Waals surface area contributed by atoms with Crippen LogP contribution in [0.5, 0.6) is 0 Å². The summed E-state index contributed by atoms with van der Waals surface area (Å²) >= 11 is 19.0. The van der Waals surface area contributed by atoms with Crippen LogP contribution in [-0.4, -0.2) is 21.0 Å². The Morgan fingerprint density at radius 3 is 1.90 bits per heavy atom. The van der Waals surface area contributed by atoms with Crippen LogP contribution in [0.4, 0.5) is 9.18 Å². The summed E-state index contributed by atoms with van der Waals surface area (Å²) in [6, 6.07) is 0. The van der Waals surface area contributed by atoms with Gasteiger partial charge < -0.3 is 0 Å². The van der Waals surface area contributed by atoms with E-state index in [-0.39, 0.29) is 0 Å². The van der Waals surface area contributed by atoms with E-state index >= 15 is 0 Å². The Balaban J connectivity index is 4.57. The minimum atomic E-state index is -2.09. The van der Waals surface area contributed by atoms with E-state index < -0.39 is 14.0 Å². The monoisotopic (exact) mass is 226 g/mol. The van der Waals surface area contributed by atoms with Gasteiger partial charge in [0.2, 0.25) is 0 Å². The van der Waals surface area contributed by atoms with E-state index in [4.69, 9.17) is 34.8 Å². The van der Waals surface area contributed by atoms with Crippen molar-refractivity contribution in [1.82, 2.24) is 0 Å². The molecule has 0 heterocycles. The van der Waals surface area contributed by atoms with Crippen LogP contribution in [0.25, 0.3) is 0 Å². The van der Waals surface area contributed by atoms with Crippen LogP contribution in [-0.2, 0) is 0 Å². The topological polar surface area (TPSA) is 17.1 Å². The molecule has 0 N–H and O–H groups in total.